The zero-order valence-electron chi connectivity index (χ0n) is 11.7. The van der Waals surface area contributed by atoms with E-state index in [0.29, 0.717) is 5.69 Å². The molecular formula is C14H16AsNO5S. The second-order valence-electron chi connectivity index (χ2n) is 4.17. The summed E-state index contributed by atoms with van der Waals surface area (Å²) in [5.74, 6) is -0.237. The molecule has 0 spiro atoms. The minimum absolute atomic E-state index is 0.00438. The van der Waals surface area contributed by atoms with E-state index in [4.69, 9.17) is 9.35 Å². The van der Waals surface area contributed by atoms with Crippen molar-refractivity contribution in [3.63, 3.8) is 0 Å². The Morgan fingerprint density at radius 3 is 2.05 bits per heavy atom. The van der Waals surface area contributed by atoms with Crippen LogP contribution in [-0.4, -0.2) is 29.4 Å². The molecule has 0 heterocycles. The van der Waals surface area contributed by atoms with Gasteiger partial charge in [-0.15, -0.1) is 12.6 Å². The molecule has 118 valence electrons. The van der Waals surface area contributed by atoms with E-state index in [1.165, 1.54) is 31.2 Å². The number of carbonyl (C=O) groups excluding carboxylic acids is 1. The Kier molecular flexibility index (Phi) is 7.44. The summed E-state index contributed by atoms with van der Waals surface area (Å²) in [6.07, 6.45) is 0. The van der Waals surface area contributed by atoms with Crippen molar-refractivity contribution in [3.05, 3.63) is 54.6 Å². The molecule has 0 aliphatic rings. The molecule has 22 heavy (non-hydrogen) atoms. The van der Waals surface area contributed by atoms with Gasteiger partial charge in [-0.3, -0.25) is 0 Å². The van der Waals surface area contributed by atoms with Crippen LogP contribution in [0.4, 0.5) is 5.69 Å². The van der Waals surface area contributed by atoms with Crippen molar-refractivity contribution in [1.82, 2.24) is 0 Å². The molecule has 0 aliphatic heterocycles. The van der Waals surface area contributed by atoms with Crippen LogP contribution in [0.15, 0.2) is 59.5 Å². The number of amides is 1. The molecule has 6 nitrogen and oxygen atoms in total. The maximum Gasteiger partial charge on any atom is 0.00399 e. The molecular weight excluding hydrogens is 369 g/mol. The standard InChI is InChI=1S/C8H10AsNO5.C6H6S/c1-6(11)10-8-4-2-7(3-5-8)9(12,13)15-14;7-6-4-2-1-3-5-6/h2-5,14H,1H3,(H,10,11)(H,12,13);1-5,7H. The molecule has 1 amide bonds. The van der Waals surface area contributed by atoms with E-state index in [2.05, 4.69) is 21.8 Å². The van der Waals surface area contributed by atoms with E-state index in [1.807, 2.05) is 30.3 Å². The third-order valence-corrected chi connectivity index (χ3v) is 5.14. The van der Waals surface area contributed by atoms with Crippen molar-refractivity contribution in [3.8, 4) is 0 Å². The number of nitrogens with one attached hydrogen (secondary N) is 1. The summed E-state index contributed by atoms with van der Waals surface area (Å²) in [7, 11) is 0. The van der Waals surface area contributed by atoms with Crippen molar-refractivity contribution < 1.29 is 21.8 Å². The Bertz CT molecular complexity index is 648. The molecule has 3 N–H and O–H groups in total. The van der Waals surface area contributed by atoms with Gasteiger partial charge in [0.25, 0.3) is 0 Å². The maximum absolute atomic E-state index is 11.2. The molecule has 0 radical (unpaired) electrons. The van der Waals surface area contributed by atoms with Gasteiger partial charge < -0.3 is 0 Å². The zero-order chi connectivity index (χ0) is 16.6. The predicted molar refractivity (Wildman–Crippen MR) is 86.4 cm³/mol. The van der Waals surface area contributed by atoms with Crippen LogP contribution >= 0.6 is 12.6 Å². The molecule has 0 saturated carbocycles. The van der Waals surface area contributed by atoms with E-state index in [9.17, 15) is 8.53 Å². The Hall–Kier alpha value is -1.50. The summed E-state index contributed by atoms with van der Waals surface area (Å²) in [5.41, 5.74) is 0.500. The summed E-state index contributed by atoms with van der Waals surface area (Å²) in [4.78, 5) is 11.7. The number of anilines is 1. The van der Waals surface area contributed by atoms with Crippen LogP contribution in [0.25, 0.3) is 0 Å². The molecule has 0 bridgehead atoms. The quantitative estimate of drug-likeness (QED) is 0.279. The number of benzene rings is 2. The van der Waals surface area contributed by atoms with Gasteiger partial charge >= 0.3 is 88.4 Å². The van der Waals surface area contributed by atoms with Gasteiger partial charge in [-0.2, -0.15) is 0 Å². The number of thiol groups is 1. The first kappa shape index (κ1) is 18.5. The molecule has 8 heteroatoms. The average molecular weight is 385 g/mol. The van der Waals surface area contributed by atoms with Gasteiger partial charge in [0, 0.05) is 4.90 Å². The first-order valence-corrected chi connectivity index (χ1v) is 9.89. The van der Waals surface area contributed by atoms with Gasteiger partial charge in [-0.1, -0.05) is 18.2 Å². The first-order chi connectivity index (χ1) is 10.3. The normalized spacial score (nSPS) is 12.5. The maximum atomic E-state index is 11.2. The summed E-state index contributed by atoms with van der Waals surface area (Å²) in [6, 6.07) is 15.3. The molecule has 1 atom stereocenters. The monoisotopic (exact) mass is 385 g/mol. The van der Waals surface area contributed by atoms with E-state index in [1.54, 1.807) is 0 Å². The third kappa shape index (κ3) is 6.51. The van der Waals surface area contributed by atoms with Crippen LogP contribution in [-0.2, 0) is 12.4 Å². The molecule has 0 saturated heterocycles. The molecule has 2 aromatic carbocycles. The molecule has 2 aromatic rings. The smallest absolute Gasteiger partial charge is 0.00399 e. The fourth-order valence-corrected chi connectivity index (χ4v) is 2.88. The minimum atomic E-state index is -4.76. The van der Waals surface area contributed by atoms with Crippen molar-refractivity contribution >= 4 is 42.7 Å². The van der Waals surface area contributed by atoms with Gasteiger partial charge in [-0.05, 0) is 12.1 Å². The fourth-order valence-electron chi connectivity index (χ4n) is 1.41. The topological polar surface area (TPSA) is 95.9 Å². The average Bonchev–Trinajstić information content (AvgIpc) is 2.48. The molecule has 0 aliphatic carbocycles. The zero-order valence-corrected chi connectivity index (χ0v) is 14.5. The van der Waals surface area contributed by atoms with Crippen molar-refractivity contribution in [1.29, 1.82) is 0 Å². The van der Waals surface area contributed by atoms with Crippen molar-refractivity contribution in [2.75, 3.05) is 5.32 Å². The third-order valence-electron chi connectivity index (χ3n) is 2.38. The van der Waals surface area contributed by atoms with Crippen LogP contribution in [0.2, 0.25) is 0 Å². The van der Waals surface area contributed by atoms with E-state index >= 15 is 0 Å². The van der Waals surface area contributed by atoms with Crippen LogP contribution in [0.5, 0.6) is 0 Å². The van der Waals surface area contributed by atoms with Gasteiger partial charge in [-0.25, -0.2) is 0 Å². The second-order valence-corrected chi connectivity index (χ2v) is 8.29. The van der Waals surface area contributed by atoms with E-state index in [0.717, 1.165) is 4.90 Å². The minimum Gasteiger partial charge on any atom is -0.143 e. The molecule has 0 fully saturated rings. The summed E-state index contributed by atoms with van der Waals surface area (Å²) >= 11 is -0.679. The Labute approximate surface area is 136 Å². The van der Waals surface area contributed by atoms with Gasteiger partial charge in [0.2, 0.25) is 0 Å². The molecule has 0 aromatic heterocycles. The number of hydrogen-bond donors (Lipinski definition) is 4. The number of rotatable bonds is 3. The van der Waals surface area contributed by atoms with Crippen LogP contribution < -0.4 is 9.67 Å². The Morgan fingerprint density at radius 1 is 1.14 bits per heavy atom. The Balaban J connectivity index is 0.000000287. The summed E-state index contributed by atoms with van der Waals surface area (Å²) in [6.45, 7) is 1.35. The predicted octanol–water partition coefficient (Wildman–Crippen LogP) is 1.68. The van der Waals surface area contributed by atoms with Crippen LogP contribution in [0.3, 0.4) is 0 Å². The van der Waals surface area contributed by atoms with E-state index < -0.39 is 14.2 Å². The molecule has 1 unspecified atom stereocenters. The number of hydrogen-bond acceptors (Lipinski definition) is 5. The van der Waals surface area contributed by atoms with Crippen LogP contribution in [0, 0.1) is 0 Å². The number of carbonyl (C=O) groups is 1. The fraction of sp³-hybridized carbons (Fsp3) is 0.0714. The largest absolute Gasteiger partial charge is 0.143 e. The summed E-state index contributed by atoms with van der Waals surface area (Å²) in [5, 5.41) is 10.7. The second kappa shape index (κ2) is 8.82. The SMILES string of the molecule is CC(=O)Nc1ccc([As](=O)(O)OO)cc1.Sc1ccccc1. The van der Waals surface area contributed by atoms with Gasteiger partial charge in [0.05, 0.1) is 0 Å². The van der Waals surface area contributed by atoms with Crippen LogP contribution in [0.1, 0.15) is 6.92 Å². The Morgan fingerprint density at radius 2 is 1.68 bits per heavy atom. The van der Waals surface area contributed by atoms with E-state index in [-0.39, 0.29) is 10.3 Å². The molecule has 2 rings (SSSR count). The van der Waals surface area contributed by atoms with Gasteiger partial charge in [0.15, 0.2) is 0 Å². The van der Waals surface area contributed by atoms with Gasteiger partial charge in [0.1, 0.15) is 0 Å². The van der Waals surface area contributed by atoms with Crippen molar-refractivity contribution in [2.45, 2.75) is 11.8 Å². The summed E-state index contributed by atoms with van der Waals surface area (Å²) < 4.78 is 23.8. The van der Waals surface area contributed by atoms with Crippen molar-refractivity contribution in [2.24, 2.45) is 0 Å². The first-order valence-electron chi connectivity index (χ1n) is 6.13.